The molecule has 4 rings (SSSR count). The van der Waals surface area contributed by atoms with E-state index in [-0.39, 0.29) is 11.9 Å². The Bertz CT molecular complexity index is 989. The van der Waals surface area contributed by atoms with E-state index in [4.69, 9.17) is 4.74 Å². The first kappa shape index (κ1) is 19.4. The molecule has 0 radical (unpaired) electrons. The summed E-state index contributed by atoms with van der Waals surface area (Å²) in [5.74, 6) is 0.788. The van der Waals surface area contributed by atoms with Crippen LogP contribution < -0.4 is 15.0 Å². The highest BCUT2D eigenvalue weighted by atomic mass is 32.1. The zero-order valence-corrected chi connectivity index (χ0v) is 17.4. The van der Waals surface area contributed by atoms with Crippen LogP contribution in [0.25, 0.3) is 10.7 Å². The summed E-state index contributed by atoms with van der Waals surface area (Å²) < 4.78 is 5.34. The van der Waals surface area contributed by atoms with Crippen molar-refractivity contribution in [3.05, 3.63) is 59.2 Å². The minimum atomic E-state index is -0.0559. The van der Waals surface area contributed by atoms with E-state index in [9.17, 15) is 4.79 Å². The summed E-state index contributed by atoms with van der Waals surface area (Å²) in [6, 6.07) is 13.9. The van der Waals surface area contributed by atoms with Crippen molar-refractivity contribution in [1.29, 1.82) is 0 Å². The summed E-state index contributed by atoms with van der Waals surface area (Å²) in [7, 11) is 1.68. The van der Waals surface area contributed by atoms with Crippen molar-refractivity contribution in [2.75, 3.05) is 25.1 Å². The minimum absolute atomic E-state index is 0.0559. The van der Waals surface area contributed by atoms with E-state index in [1.165, 1.54) is 11.3 Å². The molecule has 1 N–H and O–H groups in total. The van der Waals surface area contributed by atoms with Crippen molar-refractivity contribution in [3.8, 4) is 16.5 Å². The van der Waals surface area contributed by atoms with Crippen molar-refractivity contribution in [1.82, 2.24) is 15.3 Å². The van der Waals surface area contributed by atoms with Crippen molar-refractivity contribution >= 4 is 22.9 Å². The predicted octanol–water partition coefficient (Wildman–Crippen LogP) is 3.92. The van der Waals surface area contributed by atoms with Crippen LogP contribution in [-0.4, -0.2) is 42.1 Å². The standard InChI is InChI=1S/C22H24N4O2S/c1-15-20(29-22(24-15)19-10-3-4-11-23-19)21(27)25-16-7-6-12-26(14-16)17-8-5-9-18(13-17)28-2/h3-5,8-11,13,16H,6-7,12,14H2,1-2H3,(H,25,27)/t16-/m1/s1. The maximum absolute atomic E-state index is 12.9. The van der Waals surface area contributed by atoms with Gasteiger partial charge in [-0.25, -0.2) is 4.98 Å². The lowest BCUT2D eigenvalue weighted by Gasteiger charge is -2.34. The van der Waals surface area contributed by atoms with Gasteiger partial charge in [0.2, 0.25) is 0 Å². The van der Waals surface area contributed by atoms with Gasteiger partial charge in [-0.3, -0.25) is 9.78 Å². The number of nitrogens with zero attached hydrogens (tertiary/aromatic N) is 3. The number of nitrogens with one attached hydrogen (secondary N) is 1. The third-order valence-electron chi connectivity index (χ3n) is 5.06. The number of carbonyl (C=O) groups excluding carboxylic acids is 1. The zero-order valence-electron chi connectivity index (χ0n) is 16.6. The van der Waals surface area contributed by atoms with E-state index < -0.39 is 0 Å². The minimum Gasteiger partial charge on any atom is -0.497 e. The summed E-state index contributed by atoms with van der Waals surface area (Å²) in [6.07, 6.45) is 3.74. The van der Waals surface area contributed by atoms with Gasteiger partial charge in [0.05, 0.1) is 18.5 Å². The Balaban J connectivity index is 1.45. The van der Waals surface area contributed by atoms with E-state index in [0.29, 0.717) is 4.88 Å². The fourth-order valence-electron chi connectivity index (χ4n) is 3.59. The number of benzene rings is 1. The monoisotopic (exact) mass is 408 g/mol. The maximum atomic E-state index is 12.9. The molecule has 1 fully saturated rings. The number of ether oxygens (including phenoxy) is 1. The summed E-state index contributed by atoms with van der Waals surface area (Å²) >= 11 is 1.40. The number of rotatable bonds is 5. The Morgan fingerprint density at radius 1 is 1.28 bits per heavy atom. The molecule has 3 aromatic rings. The van der Waals surface area contributed by atoms with Gasteiger partial charge in [-0.1, -0.05) is 12.1 Å². The first-order valence-electron chi connectivity index (χ1n) is 9.73. The van der Waals surface area contributed by atoms with Crippen LogP contribution in [0.15, 0.2) is 48.7 Å². The normalized spacial score (nSPS) is 16.5. The average molecular weight is 409 g/mol. The van der Waals surface area contributed by atoms with Crippen LogP contribution in [0.4, 0.5) is 5.69 Å². The second-order valence-corrected chi connectivity index (χ2v) is 8.11. The van der Waals surface area contributed by atoms with E-state index in [0.717, 1.165) is 53.8 Å². The molecule has 2 aromatic heterocycles. The second kappa shape index (κ2) is 8.61. The van der Waals surface area contributed by atoms with Gasteiger partial charge in [-0.05, 0) is 44.0 Å². The highest BCUT2D eigenvalue weighted by Gasteiger charge is 2.24. The lowest BCUT2D eigenvalue weighted by atomic mass is 10.0. The number of amides is 1. The van der Waals surface area contributed by atoms with Gasteiger partial charge < -0.3 is 15.0 Å². The first-order chi connectivity index (χ1) is 14.1. The third kappa shape index (κ3) is 4.40. The molecule has 1 atom stereocenters. The Labute approximate surface area is 174 Å². The number of aryl methyl sites for hydroxylation is 1. The smallest absolute Gasteiger partial charge is 0.263 e. The Morgan fingerprint density at radius 2 is 2.17 bits per heavy atom. The van der Waals surface area contributed by atoms with E-state index in [2.05, 4.69) is 26.3 Å². The second-order valence-electron chi connectivity index (χ2n) is 7.11. The van der Waals surface area contributed by atoms with Gasteiger partial charge in [0.25, 0.3) is 5.91 Å². The molecule has 1 aromatic carbocycles. The quantitative estimate of drug-likeness (QED) is 0.693. The van der Waals surface area contributed by atoms with E-state index >= 15 is 0 Å². The zero-order chi connectivity index (χ0) is 20.2. The molecule has 6 nitrogen and oxygen atoms in total. The van der Waals surface area contributed by atoms with Crippen LogP contribution >= 0.6 is 11.3 Å². The molecule has 0 unspecified atom stereocenters. The van der Waals surface area contributed by atoms with Crippen molar-refractivity contribution in [2.24, 2.45) is 0 Å². The van der Waals surface area contributed by atoms with Gasteiger partial charge in [-0.2, -0.15) is 0 Å². The van der Waals surface area contributed by atoms with E-state index in [1.807, 2.05) is 43.3 Å². The molecule has 1 aliphatic heterocycles. The van der Waals surface area contributed by atoms with E-state index in [1.54, 1.807) is 13.3 Å². The molecule has 1 amide bonds. The molecule has 1 saturated heterocycles. The highest BCUT2D eigenvalue weighted by molar-refractivity contribution is 7.17. The molecule has 150 valence electrons. The number of carbonyl (C=O) groups is 1. The number of thiazole rings is 1. The molecule has 0 aliphatic carbocycles. The molecule has 7 heteroatoms. The van der Waals surface area contributed by atoms with Gasteiger partial charge in [0, 0.05) is 37.1 Å². The predicted molar refractivity (Wildman–Crippen MR) is 116 cm³/mol. The topological polar surface area (TPSA) is 67.3 Å². The summed E-state index contributed by atoms with van der Waals surface area (Å²) in [4.78, 5) is 24.8. The number of piperidine rings is 1. The number of anilines is 1. The maximum Gasteiger partial charge on any atom is 0.263 e. The largest absolute Gasteiger partial charge is 0.497 e. The number of hydrogen-bond donors (Lipinski definition) is 1. The van der Waals surface area contributed by atoms with Gasteiger partial charge >= 0.3 is 0 Å². The fourth-order valence-corrected chi connectivity index (χ4v) is 4.54. The van der Waals surface area contributed by atoms with Crippen LogP contribution in [0, 0.1) is 6.92 Å². The summed E-state index contributed by atoms with van der Waals surface area (Å²) in [5, 5.41) is 3.98. The Kier molecular flexibility index (Phi) is 5.76. The highest BCUT2D eigenvalue weighted by Crippen LogP contribution is 2.27. The van der Waals surface area contributed by atoms with Crippen LogP contribution in [0.2, 0.25) is 0 Å². The fraction of sp³-hybridized carbons (Fsp3) is 0.318. The molecule has 0 saturated carbocycles. The van der Waals surface area contributed by atoms with Gasteiger partial charge in [0.15, 0.2) is 0 Å². The molecule has 0 spiro atoms. The Morgan fingerprint density at radius 3 is 2.97 bits per heavy atom. The number of aromatic nitrogens is 2. The van der Waals surface area contributed by atoms with Crippen LogP contribution in [0.1, 0.15) is 28.2 Å². The molecule has 3 heterocycles. The lowest BCUT2D eigenvalue weighted by molar-refractivity contribution is 0.0936. The number of hydrogen-bond acceptors (Lipinski definition) is 6. The summed E-state index contributed by atoms with van der Waals surface area (Å²) in [5.41, 5.74) is 2.66. The molecule has 0 bridgehead atoms. The first-order valence-corrected chi connectivity index (χ1v) is 10.5. The summed E-state index contributed by atoms with van der Waals surface area (Å²) in [6.45, 7) is 3.63. The SMILES string of the molecule is COc1cccc(N2CCC[C@@H](NC(=O)c3sc(-c4ccccn4)nc3C)C2)c1. The molecular formula is C22H24N4O2S. The van der Waals surface area contributed by atoms with Crippen molar-refractivity contribution < 1.29 is 9.53 Å². The van der Waals surface area contributed by atoms with Crippen LogP contribution in [-0.2, 0) is 0 Å². The Hall–Kier alpha value is -2.93. The lowest BCUT2D eigenvalue weighted by Crippen LogP contribution is -2.47. The number of pyridine rings is 1. The van der Waals surface area contributed by atoms with Crippen molar-refractivity contribution in [3.63, 3.8) is 0 Å². The molecule has 29 heavy (non-hydrogen) atoms. The number of methoxy groups -OCH3 is 1. The molecule has 1 aliphatic rings. The van der Waals surface area contributed by atoms with Crippen molar-refractivity contribution in [2.45, 2.75) is 25.8 Å². The average Bonchev–Trinajstić information content (AvgIpc) is 3.16. The third-order valence-corrected chi connectivity index (χ3v) is 6.24. The van der Waals surface area contributed by atoms with Crippen LogP contribution in [0.3, 0.4) is 0 Å². The van der Waals surface area contributed by atoms with Gasteiger partial charge in [0.1, 0.15) is 15.6 Å². The molecular weight excluding hydrogens is 384 g/mol. The van der Waals surface area contributed by atoms with Gasteiger partial charge in [-0.15, -0.1) is 11.3 Å². The van der Waals surface area contributed by atoms with Crippen LogP contribution in [0.5, 0.6) is 5.75 Å².